The first-order valence-corrected chi connectivity index (χ1v) is 10.4. The van der Waals surface area contributed by atoms with Crippen LogP contribution in [0.25, 0.3) is 0 Å². The number of amides is 4. The van der Waals surface area contributed by atoms with Crippen molar-refractivity contribution in [1.29, 1.82) is 0 Å². The minimum Gasteiger partial charge on any atom is -0.324 e. The Hall–Kier alpha value is -2.70. The second kappa shape index (κ2) is 8.76. The number of carbonyl (C=O) groups excluding carboxylic acids is 3. The molecule has 1 aliphatic heterocycles. The summed E-state index contributed by atoms with van der Waals surface area (Å²) in [7, 11) is 0. The fourth-order valence-corrected chi connectivity index (χ4v) is 3.93. The maximum Gasteiger partial charge on any atom is 0.325 e. The van der Waals surface area contributed by atoms with Gasteiger partial charge in [0.2, 0.25) is 5.91 Å². The molecular formula is C22H30N4O3. The molecule has 0 spiro atoms. The monoisotopic (exact) mass is 398 g/mol. The Morgan fingerprint density at radius 3 is 2.41 bits per heavy atom. The zero-order valence-electron chi connectivity index (χ0n) is 17.5. The van der Waals surface area contributed by atoms with Crippen molar-refractivity contribution in [1.82, 2.24) is 15.6 Å². The smallest absolute Gasteiger partial charge is 0.324 e. The number of urea groups is 1. The summed E-state index contributed by atoms with van der Waals surface area (Å²) in [6, 6.07) is 7.94. The summed E-state index contributed by atoms with van der Waals surface area (Å²) >= 11 is 0. The van der Waals surface area contributed by atoms with Crippen LogP contribution in [0.2, 0.25) is 0 Å². The zero-order valence-corrected chi connectivity index (χ0v) is 17.5. The number of hydrazone groups is 1. The van der Waals surface area contributed by atoms with Crippen LogP contribution >= 0.6 is 0 Å². The molecule has 0 atom stereocenters. The highest BCUT2D eigenvalue weighted by Gasteiger charge is 2.43. The van der Waals surface area contributed by atoms with Crippen LogP contribution in [-0.2, 0) is 9.59 Å². The third-order valence-electron chi connectivity index (χ3n) is 5.76. The number of rotatable bonds is 6. The zero-order chi connectivity index (χ0) is 21.0. The number of carbonyl (C=O) groups is 3. The highest BCUT2D eigenvalue weighted by atomic mass is 16.2. The number of imide groups is 1. The van der Waals surface area contributed by atoms with E-state index < -0.39 is 11.6 Å². The van der Waals surface area contributed by atoms with Gasteiger partial charge in [0.15, 0.2) is 0 Å². The van der Waals surface area contributed by atoms with Gasteiger partial charge in [-0.05, 0) is 50.7 Å². The number of nitrogens with zero attached hydrogens (tertiary/aromatic N) is 2. The normalized spacial score (nSPS) is 20.0. The molecule has 2 N–H and O–H groups in total. The van der Waals surface area contributed by atoms with Gasteiger partial charge in [0.05, 0.1) is 5.71 Å². The molecule has 1 aromatic rings. The first-order chi connectivity index (χ1) is 13.8. The lowest BCUT2D eigenvalue weighted by atomic mass is 9.84. The molecule has 156 valence electrons. The quantitative estimate of drug-likeness (QED) is 0.438. The fraction of sp³-hybridized carbons (Fsp3) is 0.545. The average molecular weight is 399 g/mol. The van der Waals surface area contributed by atoms with Crippen LogP contribution < -0.4 is 10.7 Å². The summed E-state index contributed by atoms with van der Waals surface area (Å²) in [5, 5.41) is 6.76. The van der Waals surface area contributed by atoms with Crippen molar-refractivity contribution in [3.8, 4) is 0 Å². The highest BCUT2D eigenvalue weighted by Crippen LogP contribution is 2.32. The molecule has 7 nitrogen and oxygen atoms in total. The summed E-state index contributed by atoms with van der Waals surface area (Å²) in [4.78, 5) is 37.1. The Balaban J connectivity index is 1.50. The van der Waals surface area contributed by atoms with Crippen LogP contribution in [0.1, 0.15) is 76.3 Å². The summed E-state index contributed by atoms with van der Waals surface area (Å²) in [6.07, 6.45) is 6.48. The van der Waals surface area contributed by atoms with Crippen molar-refractivity contribution in [2.24, 2.45) is 5.10 Å². The van der Waals surface area contributed by atoms with Gasteiger partial charge >= 0.3 is 6.03 Å². The molecular weight excluding hydrogens is 368 g/mol. The van der Waals surface area contributed by atoms with Gasteiger partial charge in [0, 0.05) is 13.0 Å². The van der Waals surface area contributed by atoms with Crippen molar-refractivity contribution in [2.75, 3.05) is 6.54 Å². The minimum atomic E-state index is -0.925. The van der Waals surface area contributed by atoms with Crippen LogP contribution in [0, 0.1) is 0 Å². The Morgan fingerprint density at radius 2 is 1.83 bits per heavy atom. The summed E-state index contributed by atoms with van der Waals surface area (Å²) in [6.45, 7) is 5.15. The van der Waals surface area contributed by atoms with E-state index in [-0.39, 0.29) is 24.8 Å². The van der Waals surface area contributed by atoms with E-state index in [1.54, 1.807) is 13.8 Å². The minimum absolute atomic E-state index is 0.00659. The van der Waals surface area contributed by atoms with Crippen molar-refractivity contribution in [2.45, 2.75) is 70.8 Å². The maximum atomic E-state index is 12.1. The summed E-state index contributed by atoms with van der Waals surface area (Å²) < 4.78 is 0. The summed E-state index contributed by atoms with van der Waals surface area (Å²) in [5.74, 6) is -0.00765. The van der Waals surface area contributed by atoms with E-state index in [4.69, 9.17) is 0 Å². The van der Waals surface area contributed by atoms with Crippen molar-refractivity contribution in [3.05, 3.63) is 35.4 Å². The topological polar surface area (TPSA) is 90.9 Å². The third kappa shape index (κ3) is 5.02. The molecule has 0 bridgehead atoms. The first-order valence-electron chi connectivity index (χ1n) is 10.4. The lowest BCUT2D eigenvalue weighted by Crippen LogP contribution is -2.40. The van der Waals surface area contributed by atoms with Gasteiger partial charge in [-0.2, -0.15) is 5.10 Å². The molecule has 1 saturated carbocycles. The summed E-state index contributed by atoms with van der Waals surface area (Å²) in [5.41, 5.74) is 4.64. The lowest BCUT2D eigenvalue weighted by Gasteiger charge is -2.22. The predicted molar refractivity (Wildman–Crippen MR) is 112 cm³/mol. The van der Waals surface area contributed by atoms with Crippen LogP contribution in [0.15, 0.2) is 29.4 Å². The van der Waals surface area contributed by atoms with Crippen molar-refractivity contribution in [3.63, 3.8) is 0 Å². The average Bonchev–Trinajstić information content (AvgIpc) is 2.92. The Bertz CT molecular complexity index is 808. The number of nitrogens with one attached hydrogen (secondary N) is 2. The van der Waals surface area contributed by atoms with E-state index in [0.717, 1.165) is 10.5 Å². The molecule has 2 fully saturated rings. The van der Waals surface area contributed by atoms with Crippen molar-refractivity contribution < 1.29 is 14.4 Å². The van der Waals surface area contributed by atoms with E-state index in [9.17, 15) is 14.4 Å². The Morgan fingerprint density at radius 1 is 1.17 bits per heavy atom. The largest absolute Gasteiger partial charge is 0.325 e. The molecule has 29 heavy (non-hydrogen) atoms. The first kappa shape index (κ1) is 21.0. The molecule has 1 aromatic carbocycles. The second-order valence-corrected chi connectivity index (χ2v) is 8.45. The fourth-order valence-electron chi connectivity index (χ4n) is 3.93. The van der Waals surface area contributed by atoms with Gasteiger partial charge in [-0.25, -0.2) is 10.2 Å². The molecule has 1 saturated heterocycles. The molecule has 1 aliphatic carbocycles. The lowest BCUT2D eigenvalue weighted by molar-refractivity contribution is -0.130. The van der Waals surface area contributed by atoms with Crippen LogP contribution in [-0.4, -0.2) is 40.5 Å². The molecule has 2 aliphatic rings. The van der Waals surface area contributed by atoms with Crippen LogP contribution in [0.5, 0.6) is 0 Å². The number of hydrogen-bond donors (Lipinski definition) is 2. The molecule has 7 heteroatoms. The molecule has 3 rings (SSSR count). The molecule has 0 unspecified atom stereocenters. The molecule has 1 heterocycles. The highest BCUT2D eigenvalue weighted by molar-refractivity contribution is 6.06. The molecule has 0 aromatic heterocycles. The van der Waals surface area contributed by atoms with Gasteiger partial charge in [0.25, 0.3) is 5.91 Å². The van der Waals surface area contributed by atoms with Gasteiger partial charge in [-0.3, -0.25) is 14.5 Å². The van der Waals surface area contributed by atoms with E-state index >= 15 is 0 Å². The Labute approximate surface area is 171 Å². The van der Waals surface area contributed by atoms with E-state index in [1.165, 1.54) is 37.7 Å². The van der Waals surface area contributed by atoms with Gasteiger partial charge in [0.1, 0.15) is 5.54 Å². The third-order valence-corrected chi connectivity index (χ3v) is 5.76. The van der Waals surface area contributed by atoms with E-state index in [2.05, 4.69) is 28.0 Å². The van der Waals surface area contributed by atoms with Gasteiger partial charge in [-0.1, -0.05) is 43.5 Å². The van der Waals surface area contributed by atoms with E-state index in [0.29, 0.717) is 11.6 Å². The molecule has 4 amide bonds. The van der Waals surface area contributed by atoms with Crippen molar-refractivity contribution >= 4 is 23.6 Å². The number of hydrogen-bond acceptors (Lipinski definition) is 4. The maximum absolute atomic E-state index is 12.1. The Kier molecular flexibility index (Phi) is 6.35. The standard InChI is InChI=1S/C22H30N4O3/c1-15(16-9-11-18(12-10-16)17-7-5-4-6-8-17)24-25-19(27)13-14-26-20(28)22(2,3)23-21(26)29/h9-12,17H,4-8,13-14H2,1-3H3,(H,23,29)(H,25,27)/b24-15-. The van der Waals surface area contributed by atoms with Crippen LogP contribution in [0.4, 0.5) is 4.79 Å². The SMILES string of the molecule is C/C(=N/NC(=O)CCN1C(=O)NC(C)(C)C1=O)c1ccc(C2CCCCC2)cc1. The second-order valence-electron chi connectivity index (χ2n) is 8.45. The molecule has 0 radical (unpaired) electrons. The predicted octanol–water partition coefficient (Wildman–Crippen LogP) is 3.30. The van der Waals surface area contributed by atoms with E-state index in [1.807, 2.05) is 19.1 Å². The van der Waals surface area contributed by atoms with Gasteiger partial charge in [-0.15, -0.1) is 0 Å². The van der Waals surface area contributed by atoms with Crippen LogP contribution in [0.3, 0.4) is 0 Å². The number of benzene rings is 1. The van der Waals surface area contributed by atoms with Gasteiger partial charge < -0.3 is 5.32 Å².